The van der Waals surface area contributed by atoms with Gasteiger partial charge in [-0.25, -0.2) is 4.79 Å². The Labute approximate surface area is 584 Å². The van der Waals surface area contributed by atoms with E-state index in [1.54, 1.807) is 0 Å². The average molecular weight is 1450 g/mol. The second-order valence-electron chi connectivity index (χ2n) is 25.7. The van der Waals surface area contributed by atoms with Gasteiger partial charge in [-0.05, 0) is 110 Å². The molecule has 0 aliphatic carbocycles. The Morgan fingerprint density at radius 2 is 1.32 bits per heavy atom. The molecule has 5 aromatic rings. The highest BCUT2D eigenvalue weighted by Crippen LogP contribution is 2.50. The zero-order chi connectivity index (χ0) is 73.5. The van der Waals surface area contributed by atoms with Crippen LogP contribution in [-0.4, -0.2) is 191 Å². The van der Waals surface area contributed by atoms with Crippen LogP contribution in [0.3, 0.4) is 0 Å². The Hall–Kier alpha value is -9.20. The SMILES string of the molecule is CN[C@H](CC(C)C)C(=O)N[C@H]1C(=O)N[C@@H](CC(N)=O)C(=O)N[C@H]2C(=O)N[C@H]3C(=O)N[C@H](C(=O)N[C@H](C(=O)O)c4cc(O)cc(O)c4-c4cc3ccc4O)[C@H](O)c3ccc(c(Cl)c3)Oc3cc2cc(c3O[C@@H]2O[C@H](CO)[C@@H](O)[C@H](O)[C@H]2O[C@H]2CC(C)(N)[C@H](O)[C@H](C)O2)Oc2ccc(cc2Cl)[C@H]1O. The van der Waals surface area contributed by atoms with Gasteiger partial charge in [-0.2, -0.15) is 0 Å². The number of amides is 7. The number of halogens is 2. The molecule has 0 aromatic heterocycles. The van der Waals surface area contributed by atoms with E-state index in [9.17, 15) is 75.0 Å². The molecule has 5 aromatic carbocycles. The molecular formula is C66H75Cl2N9O24. The number of hydrogen-bond acceptors (Lipinski definition) is 25. The zero-order valence-corrected chi connectivity index (χ0v) is 55.8. The van der Waals surface area contributed by atoms with Crippen LogP contribution in [0.1, 0.15) is 105 Å². The first kappa shape index (κ1) is 74.5. The van der Waals surface area contributed by atoms with Crippen molar-refractivity contribution in [2.24, 2.45) is 17.4 Å². The summed E-state index contributed by atoms with van der Waals surface area (Å²) < 4.78 is 38.3. The van der Waals surface area contributed by atoms with Gasteiger partial charge >= 0.3 is 5.97 Å². The number of carboxylic acids is 1. The number of aliphatic hydroxyl groups excluding tert-OH is 6. The summed E-state index contributed by atoms with van der Waals surface area (Å²) in [6.07, 6.45) is -18.6. The van der Waals surface area contributed by atoms with Gasteiger partial charge in [0.1, 0.15) is 89.5 Å². The smallest absolute Gasteiger partial charge is 0.330 e. The number of carbonyl (C=O) groups excluding carboxylic acids is 7. The zero-order valence-electron chi connectivity index (χ0n) is 54.3. The fraction of sp³-hybridized carbons (Fsp3) is 0.424. The average Bonchev–Trinajstić information content (AvgIpc) is 0.775. The monoisotopic (exact) mass is 1450 g/mol. The van der Waals surface area contributed by atoms with Crippen molar-refractivity contribution < 1.29 is 118 Å². The van der Waals surface area contributed by atoms with Crippen molar-refractivity contribution in [1.82, 2.24) is 37.2 Å². The van der Waals surface area contributed by atoms with Gasteiger partial charge in [-0.1, -0.05) is 55.2 Å². The van der Waals surface area contributed by atoms with E-state index < -0.39 is 237 Å². The van der Waals surface area contributed by atoms with Crippen molar-refractivity contribution in [2.45, 2.75) is 156 Å². The lowest BCUT2D eigenvalue weighted by molar-refractivity contribution is -0.333. The van der Waals surface area contributed by atoms with Crippen molar-refractivity contribution in [2.75, 3.05) is 13.7 Å². The number of aromatic hydroxyl groups is 3. The number of phenolic OH excluding ortho intramolecular Hbond substituents is 3. The van der Waals surface area contributed by atoms with Crippen molar-refractivity contribution in [3.8, 4) is 57.1 Å². The van der Waals surface area contributed by atoms with Crippen LogP contribution in [0.15, 0.2) is 78.9 Å². The number of rotatable bonds is 13. The summed E-state index contributed by atoms with van der Waals surface area (Å²) in [5.41, 5.74) is 8.00. The van der Waals surface area contributed by atoms with Crippen LogP contribution in [-0.2, 0) is 52.6 Å². The number of nitrogens with one attached hydrogen (secondary N) is 7. The predicted octanol–water partition coefficient (Wildman–Crippen LogP) is 0.106. The Bertz CT molecular complexity index is 4070. The topological polar surface area (TPSA) is 530 Å². The summed E-state index contributed by atoms with van der Waals surface area (Å²) in [6.45, 7) is 5.66. The molecule has 542 valence electrons. The summed E-state index contributed by atoms with van der Waals surface area (Å²) in [6, 6.07) is -0.679. The van der Waals surface area contributed by atoms with Gasteiger partial charge in [0.2, 0.25) is 53.4 Å². The van der Waals surface area contributed by atoms with Crippen LogP contribution in [0.25, 0.3) is 11.1 Å². The number of aliphatic carboxylic acids is 1. The molecule has 0 saturated carbocycles. The van der Waals surface area contributed by atoms with Crippen molar-refractivity contribution in [3.63, 3.8) is 0 Å². The standard InChI is InChI=1S/C66H75Cl2N9O24/c1-23(2)12-34(71-5)58(88)76-49-51(83)26-7-10-38(32(67)14-26)97-40-16-28-17-41(55(40)101-65-56(54(86)53(85)42(22-78)99-65)100-44-21-66(4,70)57(87)24(3)96-44)98-39-11-8-27(15-33(39)68)52(84)50-63(93)75-48(64(94)95)31-18-29(79)19-37(81)45(31)30-13-25(6-9-36(30)80)46(60(90)77-50)74-61(91)47(28)73-59(89)35(20-43(69)82)72-62(49)92/h6-11,13-19,23-24,34-35,42,44,46-54,56-57,65,71,78-81,83-87H,12,20-22,70H2,1-5H3,(H2,69,82)(H,72,92)(H,73,89)(H,74,91)(H,75,93)(H,76,88)(H,77,90)(H,94,95)/t24-,34+,35-,42+,44-,46+,47+,48-,49+,50-,51+,52+,53+,54-,56+,57+,65-,66?/m0/s1. The second-order valence-corrected chi connectivity index (χ2v) is 26.5. The molecule has 0 spiro atoms. The number of ether oxygens (including phenoxy) is 6. The molecule has 0 radical (unpaired) electrons. The van der Waals surface area contributed by atoms with Crippen molar-refractivity contribution in [3.05, 3.63) is 117 Å². The molecule has 12 rings (SSSR count). The second kappa shape index (κ2) is 30.2. The maximum Gasteiger partial charge on any atom is 0.330 e. The molecule has 7 aliphatic rings. The van der Waals surface area contributed by atoms with Gasteiger partial charge in [0, 0.05) is 34.7 Å². The van der Waals surface area contributed by atoms with Crippen LogP contribution in [0.5, 0.6) is 46.0 Å². The molecule has 2 saturated heterocycles. The number of hydrogen-bond donors (Lipinski definition) is 19. The van der Waals surface area contributed by atoms with Crippen LogP contribution in [0, 0.1) is 5.92 Å². The highest BCUT2D eigenvalue weighted by Gasteiger charge is 2.51. The normalized spacial score (nSPS) is 29.4. The van der Waals surface area contributed by atoms with Gasteiger partial charge < -0.3 is 128 Å². The number of phenols is 3. The Kier molecular flexibility index (Phi) is 22.2. The fourth-order valence-corrected chi connectivity index (χ4v) is 12.9. The van der Waals surface area contributed by atoms with Crippen molar-refractivity contribution >= 4 is 70.5 Å². The van der Waals surface area contributed by atoms with E-state index in [1.807, 2.05) is 13.8 Å². The first-order valence-corrected chi connectivity index (χ1v) is 32.4. The molecule has 101 heavy (non-hydrogen) atoms. The Morgan fingerprint density at radius 1 is 0.713 bits per heavy atom. The maximum atomic E-state index is 16.0. The fourth-order valence-electron chi connectivity index (χ4n) is 12.5. The highest BCUT2D eigenvalue weighted by atomic mass is 35.5. The molecule has 35 heteroatoms. The van der Waals surface area contributed by atoms with Crippen LogP contribution in [0.4, 0.5) is 0 Å². The minimum atomic E-state index is -2.35. The number of benzene rings is 5. The molecule has 33 nitrogen and oxygen atoms in total. The van der Waals surface area contributed by atoms with E-state index in [2.05, 4.69) is 37.2 Å². The van der Waals surface area contributed by atoms with E-state index in [1.165, 1.54) is 33.0 Å². The summed E-state index contributed by atoms with van der Waals surface area (Å²) >= 11 is 14.1. The molecule has 7 aliphatic heterocycles. The summed E-state index contributed by atoms with van der Waals surface area (Å²) in [7, 11) is 1.47. The van der Waals surface area contributed by atoms with Crippen LogP contribution >= 0.6 is 23.2 Å². The molecule has 21 N–H and O–H groups in total. The number of fused-ring (bicyclic) bond motifs is 15. The molecule has 7 heterocycles. The Morgan fingerprint density at radius 3 is 1.90 bits per heavy atom. The molecule has 18 atom stereocenters. The van der Waals surface area contributed by atoms with Gasteiger partial charge in [-0.15, -0.1) is 0 Å². The van der Waals surface area contributed by atoms with E-state index in [-0.39, 0.29) is 46.2 Å². The van der Waals surface area contributed by atoms with Gasteiger partial charge in [0.05, 0.1) is 41.3 Å². The first-order valence-electron chi connectivity index (χ1n) is 31.6. The van der Waals surface area contributed by atoms with Crippen LogP contribution in [0.2, 0.25) is 10.0 Å². The van der Waals surface area contributed by atoms with E-state index in [4.69, 9.17) is 63.1 Å². The maximum absolute atomic E-state index is 16.0. The molecular weight excluding hydrogens is 1370 g/mol. The molecule has 2 fully saturated rings. The number of carbonyl (C=O) groups is 8. The van der Waals surface area contributed by atoms with Gasteiger partial charge in [0.15, 0.2) is 29.9 Å². The molecule has 1 unspecified atom stereocenters. The van der Waals surface area contributed by atoms with Gasteiger partial charge in [-0.3, -0.25) is 33.6 Å². The number of primary amides is 1. The van der Waals surface area contributed by atoms with Crippen molar-refractivity contribution in [1.29, 1.82) is 0 Å². The minimum absolute atomic E-state index is 0.0975. The third-order valence-electron chi connectivity index (χ3n) is 17.8. The predicted molar refractivity (Wildman–Crippen MR) is 349 cm³/mol. The third kappa shape index (κ3) is 15.8. The van der Waals surface area contributed by atoms with Gasteiger partial charge in [0.25, 0.3) is 0 Å². The van der Waals surface area contributed by atoms with Crippen LogP contribution < -0.4 is 62.9 Å². The number of carboxylic acid groups (broad SMARTS) is 1. The minimum Gasteiger partial charge on any atom is -0.508 e. The molecule has 7 amide bonds. The number of likely N-dealkylation sites (N-methyl/N-ethyl adjacent to an activating group) is 1. The summed E-state index contributed by atoms with van der Waals surface area (Å²) in [5.74, 6) is -16.0. The quantitative estimate of drug-likeness (QED) is 0.0743. The lowest BCUT2D eigenvalue weighted by Gasteiger charge is -2.47. The van der Waals surface area contributed by atoms with E-state index >= 15 is 14.4 Å². The summed E-state index contributed by atoms with van der Waals surface area (Å²) in [4.78, 5) is 117. The van der Waals surface area contributed by atoms with E-state index in [0.29, 0.717) is 0 Å². The lowest BCUT2D eigenvalue weighted by atomic mass is 9.86. The third-order valence-corrected chi connectivity index (χ3v) is 18.4. The summed E-state index contributed by atoms with van der Waals surface area (Å²) in [5, 5.41) is 131. The number of nitrogens with two attached hydrogens (primary N) is 2. The highest BCUT2D eigenvalue weighted by molar-refractivity contribution is 6.32. The largest absolute Gasteiger partial charge is 0.508 e. The Balaban J connectivity index is 1.24. The van der Waals surface area contributed by atoms with E-state index in [0.717, 1.165) is 66.7 Å². The lowest BCUT2D eigenvalue weighted by Crippen LogP contribution is -2.64. The number of aliphatic hydroxyl groups is 6. The molecule has 11 bridgehead atoms. The first-order chi connectivity index (χ1) is 47.7.